The van der Waals surface area contributed by atoms with Gasteiger partial charge in [0, 0.05) is 96.7 Å². The lowest BCUT2D eigenvalue weighted by Gasteiger charge is -2.38. The van der Waals surface area contributed by atoms with Crippen LogP contribution in [0.3, 0.4) is 0 Å². The average molecular weight is 507 g/mol. The Bertz CT molecular complexity index is 582. The van der Waals surface area contributed by atoms with Crippen LogP contribution in [0, 0.1) is 11.8 Å². The summed E-state index contributed by atoms with van der Waals surface area (Å²) in [5.74, 6) is 1.84. The van der Waals surface area contributed by atoms with Crippen molar-refractivity contribution >= 4 is 0 Å². The van der Waals surface area contributed by atoms with E-state index in [1.807, 2.05) is 0 Å². The molecule has 4 aliphatic rings. The highest BCUT2D eigenvalue weighted by atomic mass is 15.3. The van der Waals surface area contributed by atoms with Crippen molar-refractivity contribution in [3.05, 3.63) is 0 Å². The maximum atomic E-state index is 2.70. The number of likely N-dealkylation sites (tertiary alicyclic amines) is 2. The molecule has 0 saturated carbocycles. The Morgan fingerprint density at radius 2 is 0.972 bits per heavy atom. The van der Waals surface area contributed by atoms with Crippen molar-refractivity contribution in [3.63, 3.8) is 0 Å². The molecule has 0 N–H and O–H groups in total. The van der Waals surface area contributed by atoms with Gasteiger partial charge in [0.1, 0.15) is 0 Å². The first-order valence-electron chi connectivity index (χ1n) is 15.7. The van der Waals surface area contributed by atoms with E-state index < -0.39 is 0 Å². The van der Waals surface area contributed by atoms with Crippen LogP contribution in [-0.4, -0.2) is 146 Å². The Morgan fingerprint density at radius 3 is 1.42 bits per heavy atom. The Balaban J connectivity index is 0.000000202. The van der Waals surface area contributed by atoms with E-state index in [4.69, 9.17) is 0 Å². The van der Waals surface area contributed by atoms with E-state index in [1.165, 1.54) is 117 Å². The monoisotopic (exact) mass is 507 g/mol. The maximum absolute atomic E-state index is 2.70. The normalized spacial score (nSPS) is 29.2. The molecule has 0 aromatic heterocycles. The standard InChI is InChI=1S/C16H33N3.C14H29N3/c1-5-15(4)19-7-6-16(13-19)12-17-8-10-18(11-9-17)14(2)3;1-4-15-7-9-16(10-8-15)11-14-5-6-17(12-14)13(2)3/h14-16H,5-13H2,1-4H3;13-14H,4-12H2,1-3H3/t;14-/m.0/s1. The summed E-state index contributed by atoms with van der Waals surface area (Å²) in [6.07, 6.45) is 4.11. The van der Waals surface area contributed by atoms with Crippen LogP contribution in [0.4, 0.5) is 0 Å². The van der Waals surface area contributed by atoms with E-state index in [0.717, 1.165) is 30.0 Å². The van der Waals surface area contributed by atoms with E-state index >= 15 is 0 Å². The van der Waals surface area contributed by atoms with Gasteiger partial charge in [0.05, 0.1) is 0 Å². The van der Waals surface area contributed by atoms with Gasteiger partial charge < -0.3 is 24.5 Å². The first-order chi connectivity index (χ1) is 17.3. The maximum Gasteiger partial charge on any atom is 0.0113 e. The van der Waals surface area contributed by atoms with Gasteiger partial charge >= 0.3 is 0 Å². The van der Waals surface area contributed by atoms with Crippen LogP contribution in [-0.2, 0) is 0 Å². The molecule has 4 aliphatic heterocycles. The summed E-state index contributed by atoms with van der Waals surface area (Å²) in [6.45, 7) is 35.6. The molecule has 4 rings (SSSR count). The van der Waals surface area contributed by atoms with Crippen molar-refractivity contribution in [2.24, 2.45) is 11.8 Å². The fraction of sp³-hybridized carbons (Fsp3) is 1.00. The number of hydrogen-bond donors (Lipinski definition) is 0. The van der Waals surface area contributed by atoms with E-state index in [0.29, 0.717) is 0 Å². The van der Waals surface area contributed by atoms with Crippen molar-refractivity contribution in [3.8, 4) is 0 Å². The largest absolute Gasteiger partial charge is 0.301 e. The van der Waals surface area contributed by atoms with Crippen molar-refractivity contribution < 1.29 is 0 Å². The van der Waals surface area contributed by atoms with Crippen molar-refractivity contribution in [2.75, 3.05) is 98.2 Å². The number of nitrogens with zero attached hydrogens (tertiary/aromatic N) is 6. The summed E-state index contributed by atoms with van der Waals surface area (Å²) in [6, 6.07) is 2.23. The molecule has 4 fully saturated rings. The summed E-state index contributed by atoms with van der Waals surface area (Å²) >= 11 is 0. The molecule has 3 atom stereocenters. The van der Waals surface area contributed by atoms with E-state index in [9.17, 15) is 0 Å². The predicted molar refractivity (Wildman–Crippen MR) is 156 cm³/mol. The van der Waals surface area contributed by atoms with Gasteiger partial charge in [-0.1, -0.05) is 13.8 Å². The summed E-state index contributed by atoms with van der Waals surface area (Å²) < 4.78 is 0. The lowest BCUT2D eigenvalue weighted by molar-refractivity contribution is 0.0964. The summed E-state index contributed by atoms with van der Waals surface area (Å²) in [5, 5.41) is 0. The molecule has 4 heterocycles. The first-order valence-corrected chi connectivity index (χ1v) is 15.7. The SMILES string of the molecule is CCC(C)N1CCC(CN2CCN(C(C)C)CC2)C1.CCN1CCN(C[C@@H]2CCN(C(C)C)C2)CC1. The summed E-state index contributed by atoms with van der Waals surface area (Å²) in [5.41, 5.74) is 0. The lowest BCUT2D eigenvalue weighted by atomic mass is 10.1. The van der Waals surface area contributed by atoms with Gasteiger partial charge in [-0.25, -0.2) is 0 Å². The van der Waals surface area contributed by atoms with Gasteiger partial charge in [-0.15, -0.1) is 0 Å². The van der Waals surface area contributed by atoms with Crippen LogP contribution in [0.25, 0.3) is 0 Å². The zero-order valence-corrected chi connectivity index (χ0v) is 25.3. The molecular formula is C30H62N6. The third kappa shape index (κ3) is 9.50. The predicted octanol–water partition coefficient (Wildman–Crippen LogP) is 3.49. The van der Waals surface area contributed by atoms with Gasteiger partial charge in [-0.2, -0.15) is 0 Å². The fourth-order valence-electron chi connectivity index (χ4n) is 6.63. The molecule has 2 unspecified atom stereocenters. The van der Waals surface area contributed by atoms with Crippen LogP contribution in [0.5, 0.6) is 0 Å². The topological polar surface area (TPSA) is 19.4 Å². The second-order valence-corrected chi connectivity index (χ2v) is 12.8. The minimum Gasteiger partial charge on any atom is -0.301 e. The van der Waals surface area contributed by atoms with Gasteiger partial charge in [-0.3, -0.25) is 4.90 Å². The van der Waals surface area contributed by atoms with Crippen LogP contribution in [0.15, 0.2) is 0 Å². The van der Waals surface area contributed by atoms with Crippen molar-refractivity contribution in [1.29, 1.82) is 0 Å². The molecule has 4 saturated heterocycles. The first kappa shape index (κ1) is 30.3. The van der Waals surface area contributed by atoms with Gasteiger partial charge in [0.15, 0.2) is 0 Å². The molecule has 0 aromatic rings. The van der Waals surface area contributed by atoms with Gasteiger partial charge in [-0.05, 0) is 85.4 Å². The highest BCUT2D eigenvalue weighted by Crippen LogP contribution is 2.22. The molecular weight excluding hydrogens is 444 g/mol. The molecule has 0 spiro atoms. The van der Waals surface area contributed by atoms with Gasteiger partial charge in [0.2, 0.25) is 0 Å². The van der Waals surface area contributed by atoms with Crippen LogP contribution >= 0.6 is 0 Å². The number of likely N-dealkylation sites (N-methyl/N-ethyl adjacent to an activating group) is 1. The molecule has 36 heavy (non-hydrogen) atoms. The second-order valence-electron chi connectivity index (χ2n) is 12.8. The third-order valence-corrected chi connectivity index (χ3v) is 9.66. The molecule has 6 nitrogen and oxygen atoms in total. The van der Waals surface area contributed by atoms with E-state index in [1.54, 1.807) is 0 Å². The minimum atomic E-state index is 0.717. The second kappa shape index (κ2) is 15.4. The Hall–Kier alpha value is -0.240. The smallest absolute Gasteiger partial charge is 0.0113 e. The Morgan fingerprint density at radius 1 is 0.528 bits per heavy atom. The van der Waals surface area contributed by atoms with Crippen molar-refractivity contribution in [1.82, 2.24) is 29.4 Å². The molecule has 0 radical (unpaired) electrons. The third-order valence-electron chi connectivity index (χ3n) is 9.66. The number of piperazine rings is 2. The lowest BCUT2D eigenvalue weighted by Crippen LogP contribution is -2.50. The van der Waals surface area contributed by atoms with E-state index in [-0.39, 0.29) is 0 Å². The quantitative estimate of drug-likeness (QED) is 0.473. The highest BCUT2D eigenvalue weighted by molar-refractivity contribution is 4.84. The minimum absolute atomic E-state index is 0.717. The highest BCUT2D eigenvalue weighted by Gasteiger charge is 2.29. The zero-order valence-electron chi connectivity index (χ0n) is 25.3. The van der Waals surface area contributed by atoms with Crippen LogP contribution < -0.4 is 0 Å². The van der Waals surface area contributed by atoms with E-state index in [2.05, 4.69) is 77.9 Å². The fourth-order valence-corrected chi connectivity index (χ4v) is 6.63. The Kier molecular flexibility index (Phi) is 12.9. The Labute approximate surface area is 225 Å². The van der Waals surface area contributed by atoms with Gasteiger partial charge in [0.25, 0.3) is 0 Å². The summed E-state index contributed by atoms with van der Waals surface area (Å²) in [4.78, 5) is 15.9. The number of rotatable bonds is 9. The van der Waals surface area contributed by atoms with Crippen LogP contribution in [0.1, 0.15) is 67.7 Å². The van der Waals surface area contributed by atoms with Crippen LogP contribution in [0.2, 0.25) is 0 Å². The molecule has 6 heteroatoms. The molecule has 0 aliphatic carbocycles. The number of hydrogen-bond acceptors (Lipinski definition) is 6. The average Bonchev–Trinajstić information content (AvgIpc) is 3.55. The molecule has 212 valence electrons. The van der Waals surface area contributed by atoms with Crippen molar-refractivity contribution in [2.45, 2.75) is 85.9 Å². The zero-order chi connectivity index (χ0) is 26.1. The molecule has 0 amide bonds. The molecule has 0 aromatic carbocycles. The summed E-state index contributed by atoms with van der Waals surface area (Å²) in [7, 11) is 0. The molecule has 0 bridgehead atoms.